The highest BCUT2D eigenvalue weighted by Gasteiger charge is 2.33. The zero-order valence-corrected chi connectivity index (χ0v) is 26.2. The Morgan fingerprint density at radius 1 is 0.913 bits per heavy atom. The number of anilines is 2. The maximum atomic E-state index is 13.8. The number of rotatable bonds is 11. The number of halogens is 3. The van der Waals surface area contributed by atoms with Crippen LogP contribution in [0.1, 0.15) is 28.7 Å². The van der Waals surface area contributed by atoms with Crippen LogP contribution in [-0.4, -0.2) is 62.2 Å². The number of pyridine rings is 1. The maximum Gasteiger partial charge on any atom is 0.416 e. The van der Waals surface area contributed by atoms with Crippen molar-refractivity contribution in [3.63, 3.8) is 0 Å². The van der Waals surface area contributed by atoms with Crippen molar-refractivity contribution in [3.05, 3.63) is 107 Å². The highest BCUT2D eigenvalue weighted by atomic mass is 32.2. The molecule has 0 spiro atoms. The summed E-state index contributed by atoms with van der Waals surface area (Å²) >= 11 is 0. The van der Waals surface area contributed by atoms with Crippen LogP contribution in [0.25, 0.3) is 11.1 Å². The molecule has 1 fully saturated rings. The molecule has 1 aliphatic rings. The summed E-state index contributed by atoms with van der Waals surface area (Å²) in [5, 5.41) is 0. The van der Waals surface area contributed by atoms with Crippen molar-refractivity contribution in [2.45, 2.75) is 36.9 Å². The number of nitrogens with one attached hydrogen (secondary N) is 1. The zero-order chi connectivity index (χ0) is 32.9. The number of carbonyl (C=O) groups is 1. The van der Waals surface area contributed by atoms with Gasteiger partial charge < -0.3 is 10.6 Å². The standard InChI is InChI=1S/C34H36F3N5O3S/c1-41-16-18-42(19-17-41)23-26-4-2-3-5-30(26)31-14-10-27(34(35,36)37)21-32(31)46(44,45)40-28-11-6-24(7-12-28)20-29(43)13-8-25-9-15-33(38)39-22-25/h2-7,9-12,14-15,21-22,40H,8,13,16-20,23H2,1H3,(H2,38,39). The molecule has 0 aliphatic carbocycles. The van der Waals surface area contributed by atoms with Gasteiger partial charge in [-0.05, 0) is 66.1 Å². The van der Waals surface area contributed by atoms with Crippen molar-refractivity contribution < 1.29 is 26.4 Å². The molecule has 1 aliphatic heterocycles. The second-order valence-corrected chi connectivity index (χ2v) is 13.2. The molecule has 46 heavy (non-hydrogen) atoms. The summed E-state index contributed by atoms with van der Waals surface area (Å²) < 4.78 is 71.3. The molecule has 0 unspecified atom stereocenters. The predicted molar refractivity (Wildman–Crippen MR) is 173 cm³/mol. The number of alkyl halides is 3. The van der Waals surface area contributed by atoms with Gasteiger partial charge in [0.2, 0.25) is 0 Å². The summed E-state index contributed by atoms with van der Waals surface area (Å²) in [6.45, 7) is 3.97. The topological polar surface area (TPSA) is 109 Å². The van der Waals surface area contributed by atoms with E-state index in [2.05, 4.69) is 19.5 Å². The van der Waals surface area contributed by atoms with Gasteiger partial charge in [0, 0.05) is 63.0 Å². The van der Waals surface area contributed by atoms with Gasteiger partial charge in [-0.3, -0.25) is 14.4 Å². The Morgan fingerprint density at radius 2 is 1.61 bits per heavy atom. The van der Waals surface area contributed by atoms with Gasteiger partial charge in [-0.15, -0.1) is 0 Å². The molecule has 0 bridgehead atoms. The average molecular weight is 652 g/mol. The van der Waals surface area contributed by atoms with E-state index in [4.69, 9.17) is 5.73 Å². The zero-order valence-electron chi connectivity index (χ0n) is 25.4. The number of aromatic nitrogens is 1. The Balaban J connectivity index is 1.36. The van der Waals surface area contributed by atoms with E-state index in [1.165, 1.54) is 18.2 Å². The minimum atomic E-state index is -4.74. The lowest BCUT2D eigenvalue weighted by molar-refractivity contribution is -0.137. The normalized spacial score (nSPS) is 14.7. The number of nitrogens with two attached hydrogens (primary N) is 1. The van der Waals surface area contributed by atoms with Crippen LogP contribution in [0.2, 0.25) is 0 Å². The number of nitrogens with zero attached hydrogens (tertiary/aromatic N) is 3. The summed E-state index contributed by atoms with van der Waals surface area (Å²) in [6.07, 6.45) is -2.14. The molecule has 0 saturated carbocycles. The third-order valence-electron chi connectivity index (χ3n) is 8.04. The number of benzene rings is 3. The lowest BCUT2D eigenvalue weighted by Gasteiger charge is -2.32. The van der Waals surface area contributed by atoms with Crippen molar-refractivity contribution in [2.75, 3.05) is 43.7 Å². The Kier molecular flexibility index (Phi) is 10.1. The summed E-state index contributed by atoms with van der Waals surface area (Å²) in [5.41, 5.74) is 7.84. The number of ketones is 1. The van der Waals surface area contributed by atoms with E-state index < -0.39 is 26.7 Å². The van der Waals surface area contributed by atoms with Gasteiger partial charge in [-0.25, -0.2) is 13.4 Å². The first kappa shape index (κ1) is 33.1. The monoisotopic (exact) mass is 651 g/mol. The number of hydrogen-bond donors (Lipinski definition) is 2. The van der Waals surface area contributed by atoms with Crippen molar-refractivity contribution >= 4 is 27.3 Å². The van der Waals surface area contributed by atoms with Gasteiger partial charge in [0.1, 0.15) is 11.6 Å². The Morgan fingerprint density at radius 3 is 2.28 bits per heavy atom. The average Bonchev–Trinajstić information content (AvgIpc) is 3.02. The van der Waals surface area contributed by atoms with Crippen molar-refractivity contribution in [1.29, 1.82) is 0 Å². The summed E-state index contributed by atoms with van der Waals surface area (Å²) in [5.74, 6) is 0.398. The number of nitrogen functional groups attached to an aromatic ring is 1. The van der Waals surface area contributed by atoms with E-state index in [-0.39, 0.29) is 23.5 Å². The minimum Gasteiger partial charge on any atom is -0.384 e. The van der Waals surface area contributed by atoms with Crippen LogP contribution in [0.15, 0.2) is 90.0 Å². The van der Waals surface area contributed by atoms with Gasteiger partial charge in [-0.1, -0.05) is 48.5 Å². The predicted octanol–water partition coefficient (Wildman–Crippen LogP) is 5.64. The summed E-state index contributed by atoms with van der Waals surface area (Å²) in [4.78, 5) is 20.6. The lowest BCUT2D eigenvalue weighted by Crippen LogP contribution is -2.43. The molecule has 0 amide bonds. The van der Waals surface area contributed by atoms with Crippen LogP contribution in [0.3, 0.4) is 0 Å². The Labute approximate surface area is 267 Å². The summed E-state index contributed by atoms with van der Waals surface area (Å²) in [6, 6.07) is 19.8. The molecule has 3 aromatic carbocycles. The number of piperazine rings is 1. The first-order chi connectivity index (χ1) is 21.9. The smallest absolute Gasteiger partial charge is 0.384 e. The van der Waals surface area contributed by atoms with Gasteiger partial charge in [0.15, 0.2) is 0 Å². The second-order valence-electron chi connectivity index (χ2n) is 11.6. The number of Topliss-reactive ketones (excluding diaryl/α,β-unsaturated/α-hetero) is 1. The highest BCUT2D eigenvalue weighted by molar-refractivity contribution is 7.92. The minimum absolute atomic E-state index is 0.00555. The molecule has 0 atom stereocenters. The molecule has 3 N–H and O–H groups in total. The third-order valence-corrected chi connectivity index (χ3v) is 9.46. The van der Waals surface area contributed by atoms with Crippen LogP contribution in [0, 0.1) is 0 Å². The van der Waals surface area contributed by atoms with Crippen LogP contribution < -0.4 is 10.5 Å². The van der Waals surface area contributed by atoms with Gasteiger partial charge in [0.05, 0.1) is 10.5 Å². The molecular formula is C34H36F3N5O3S. The maximum absolute atomic E-state index is 13.8. The number of hydrogen-bond acceptors (Lipinski definition) is 7. The molecule has 4 aromatic rings. The fraction of sp³-hybridized carbons (Fsp3) is 0.294. The Hall–Kier alpha value is -4.26. The van der Waals surface area contributed by atoms with Crippen molar-refractivity contribution in [2.24, 2.45) is 0 Å². The fourth-order valence-electron chi connectivity index (χ4n) is 5.40. The molecule has 5 rings (SSSR count). The van der Waals surface area contributed by atoms with E-state index in [1.807, 2.05) is 25.2 Å². The number of aryl methyl sites for hydroxylation is 1. The summed E-state index contributed by atoms with van der Waals surface area (Å²) in [7, 11) is -2.41. The van der Waals surface area contributed by atoms with Crippen molar-refractivity contribution in [1.82, 2.24) is 14.8 Å². The molecule has 1 saturated heterocycles. The van der Waals surface area contributed by atoms with E-state index in [0.29, 0.717) is 42.4 Å². The van der Waals surface area contributed by atoms with Gasteiger partial charge in [-0.2, -0.15) is 13.2 Å². The Bertz CT molecular complexity index is 1770. The third kappa shape index (κ3) is 8.51. The number of sulfonamides is 1. The SMILES string of the molecule is CN1CCN(Cc2ccccc2-c2ccc(C(F)(F)F)cc2S(=O)(=O)Nc2ccc(CC(=O)CCc3ccc(N)nc3)cc2)CC1. The molecule has 2 heterocycles. The molecule has 12 heteroatoms. The quantitative estimate of drug-likeness (QED) is 0.216. The molecular weight excluding hydrogens is 615 g/mol. The van der Waals surface area contributed by atoms with E-state index in [0.717, 1.165) is 43.4 Å². The molecule has 8 nitrogen and oxygen atoms in total. The van der Waals surface area contributed by atoms with Crippen LogP contribution in [0.4, 0.5) is 24.7 Å². The number of carbonyl (C=O) groups excluding carboxylic acids is 1. The number of likely N-dealkylation sites (N-methyl/N-ethyl adjacent to an activating group) is 1. The van der Waals surface area contributed by atoms with E-state index >= 15 is 0 Å². The molecule has 242 valence electrons. The van der Waals surface area contributed by atoms with Crippen molar-refractivity contribution in [3.8, 4) is 11.1 Å². The highest BCUT2D eigenvalue weighted by Crippen LogP contribution is 2.37. The largest absolute Gasteiger partial charge is 0.416 e. The van der Waals surface area contributed by atoms with Crippen LogP contribution in [-0.2, 0) is 40.4 Å². The molecule has 1 aromatic heterocycles. The first-order valence-corrected chi connectivity index (χ1v) is 16.4. The van der Waals surface area contributed by atoms with E-state index in [9.17, 15) is 26.4 Å². The van der Waals surface area contributed by atoms with Gasteiger partial charge in [0.25, 0.3) is 10.0 Å². The van der Waals surface area contributed by atoms with Crippen LogP contribution in [0.5, 0.6) is 0 Å². The fourth-order valence-corrected chi connectivity index (χ4v) is 6.70. The van der Waals surface area contributed by atoms with Crippen LogP contribution >= 0.6 is 0 Å². The van der Waals surface area contributed by atoms with Gasteiger partial charge >= 0.3 is 6.18 Å². The van der Waals surface area contributed by atoms with E-state index in [1.54, 1.807) is 36.5 Å². The first-order valence-electron chi connectivity index (χ1n) is 14.9. The second kappa shape index (κ2) is 14.0. The lowest BCUT2D eigenvalue weighted by atomic mass is 9.98. The molecule has 0 radical (unpaired) electrons.